The van der Waals surface area contributed by atoms with Gasteiger partial charge in [-0.15, -0.1) is 4.52 Å². The monoisotopic (exact) mass is 389 g/mol. The number of nitrogens with one attached hydrogen (secondary N) is 1. The van der Waals surface area contributed by atoms with Gasteiger partial charge >= 0.3 is 8.03 Å². The van der Waals surface area contributed by atoms with Crippen LogP contribution in [0.3, 0.4) is 0 Å². The number of fused-ring (bicyclic) bond motifs is 2. The third-order valence-corrected chi connectivity index (χ3v) is 5.71. The average Bonchev–Trinajstić information content (AvgIpc) is 2.73. The molecule has 1 aromatic heterocycles. The van der Waals surface area contributed by atoms with Gasteiger partial charge in [-0.25, -0.2) is 0 Å². The summed E-state index contributed by atoms with van der Waals surface area (Å²) in [5.74, 6) is 0. The number of pyridine rings is 1. The first-order valence-electron chi connectivity index (χ1n) is 9.41. The Morgan fingerprint density at radius 1 is 0.893 bits per heavy atom. The molecule has 0 aliphatic carbocycles. The molecule has 0 saturated heterocycles. The number of hydrogen-bond donors (Lipinski definition) is 1. The van der Waals surface area contributed by atoms with Crippen LogP contribution in [0.2, 0.25) is 0 Å². The third kappa shape index (κ3) is 3.95. The van der Waals surface area contributed by atoms with Crippen molar-refractivity contribution in [3.8, 4) is 11.1 Å². The lowest BCUT2D eigenvalue weighted by atomic mass is 9.96. The molecular weight excluding hydrogens is 367 g/mol. The van der Waals surface area contributed by atoms with E-state index >= 15 is 0 Å². The van der Waals surface area contributed by atoms with Gasteiger partial charge in [0.1, 0.15) is 0 Å². The maximum Gasteiger partial charge on any atom is 0.523 e. The maximum absolute atomic E-state index is 11.7. The van der Waals surface area contributed by atoms with E-state index in [1.165, 1.54) is 16.3 Å². The van der Waals surface area contributed by atoms with Gasteiger partial charge < -0.3 is 0 Å². The molecule has 3 aromatic carbocycles. The zero-order valence-electron chi connectivity index (χ0n) is 15.8. The van der Waals surface area contributed by atoms with Crippen molar-refractivity contribution in [1.82, 2.24) is 10.3 Å². The Labute approximate surface area is 165 Å². The molecule has 0 bridgehead atoms. The lowest BCUT2D eigenvalue weighted by Crippen LogP contribution is -2.13. The fraction of sp³-hybridized carbons (Fsp3) is 0.174. The van der Waals surface area contributed by atoms with Gasteiger partial charge in [0.25, 0.3) is 0 Å². The molecule has 28 heavy (non-hydrogen) atoms. The van der Waals surface area contributed by atoms with Gasteiger partial charge in [-0.1, -0.05) is 66.7 Å². The number of para-hydroxylation sites is 1. The van der Waals surface area contributed by atoms with Crippen LogP contribution in [0.25, 0.3) is 32.8 Å². The minimum atomic E-state index is -1.66. The van der Waals surface area contributed by atoms with E-state index in [2.05, 4.69) is 72.0 Å². The molecule has 0 spiro atoms. The summed E-state index contributed by atoms with van der Waals surface area (Å²) >= 11 is 0. The van der Waals surface area contributed by atoms with Gasteiger partial charge in [-0.3, -0.25) is 10.3 Å². The quantitative estimate of drug-likeness (QED) is 0.401. The van der Waals surface area contributed by atoms with Crippen LogP contribution in [0.4, 0.5) is 0 Å². The molecule has 4 aromatic rings. The van der Waals surface area contributed by atoms with Crippen LogP contribution in [0.1, 0.15) is 12.6 Å². The van der Waals surface area contributed by atoms with Crippen molar-refractivity contribution in [3.63, 3.8) is 0 Å². The molecular formula is C23H22N2O2P+. The van der Waals surface area contributed by atoms with Gasteiger partial charge in [-0.2, -0.15) is 0 Å². The van der Waals surface area contributed by atoms with Crippen LogP contribution < -0.4 is 5.32 Å². The van der Waals surface area contributed by atoms with Gasteiger partial charge in [0.05, 0.1) is 17.8 Å². The summed E-state index contributed by atoms with van der Waals surface area (Å²) in [5, 5.41) is 6.71. The van der Waals surface area contributed by atoms with Crippen LogP contribution in [0, 0.1) is 0 Å². The van der Waals surface area contributed by atoms with Gasteiger partial charge in [-0.05, 0) is 33.9 Å². The highest BCUT2D eigenvalue weighted by Gasteiger charge is 2.15. The lowest BCUT2D eigenvalue weighted by Gasteiger charge is -2.11. The Bertz CT molecular complexity index is 1140. The smallest absolute Gasteiger partial charge is 0.268 e. The van der Waals surface area contributed by atoms with Crippen LogP contribution in [-0.2, 0) is 15.6 Å². The summed E-state index contributed by atoms with van der Waals surface area (Å²) in [5.41, 5.74) is 4.20. The molecule has 0 aliphatic rings. The van der Waals surface area contributed by atoms with Crippen molar-refractivity contribution < 1.29 is 9.09 Å². The van der Waals surface area contributed by atoms with Crippen molar-refractivity contribution in [1.29, 1.82) is 0 Å². The summed E-state index contributed by atoms with van der Waals surface area (Å²) in [6, 6.07) is 25.2. The zero-order valence-corrected chi connectivity index (χ0v) is 16.7. The Morgan fingerprint density at radius 3 is 2.50 bits per heavy atom. The van der Waals surface area contributed by atoms with Crippen LogP contribution >= 0.6 is 8.03 Å². The topological polar surface area (TPSA) is 51.2 Å². The van der Waals surface area contributed by atoms with Crippen LogP contribution in [0.5, 0.6) is 0 Å². The second-order valence-electron chi connectivity index (χ2n) is 6.54. The number of aromatic nitrogens is 1. The normalized spacial score (nSPS) is 11.8. The summed E-state index contributed by atoms with van der Waals surface area (Å²) in [6.45, 7) is 2.85. The minimum Gasteiger partial charge on any atom is -0.268 e. The summed E-state index contributed by atoms with van der Waals surface area (Å²) in [7, 11) is -1.66. The Balaban J connectivity index is 1.70. The summed E-state index contributed by atoms with van der Waals surface area (Å²) < 4.78 is 16.7. The Kier molecular flexibility index (Phi) is 5.73. The molecule has 4 nitrogen and oxygen atoms in total. The molecule has 1 atom stereocenters. The molecule has 1 N–H and O–H groups in total. The Morgan fingerprint density at radius 2 is 1.64 bits per heavy atom. The molecule has 5 heteroatoms. The fourth-order valence-electron chi connectivity index (χ4n) is 3.43. The maximum atomic E-state index is 11.7. The number of rotatable bonds is 7. The lowest BCUT2D eigenvalue weighted by molar-refractivity contribution is 0.348. The summed E-state index contributed by atoms with van der Waals surface area (Å²) in [6.07, 6.45) is 0.327. The second-order valence-corrected chi connectivity index (χ2v) is 7.78. The van der Waals surface area contributed by atoms with Crippen LogP contribution in [-0.4, -0.2) is 17.9 Å². The highest BCUT2D eigenvalue weighted by molar-refractivity contribution is 7.39. The van der Waals surface area contributed by atoms with E-state index in [4.69, 9.17) is 9.51 Å². The van der Waals surface area contributed by atoms with Gasteiger partial charge in [0.2, 0.25) is 6.29 Å². The van der Waals surface area contributed by atoms with Gasteiger partial charge in [0, 0.05) is 17.5 Å². The van der Waals surface area contributed by atoms with E-state index in [0.29, 0.717) is 19.4 Å². The second kappa shape index (κ2) is 8.57. The van der Waals surface area contributed by atoms with E-state index in [1.807, 2.05) is 13.0 Å². The largest absolute Gasteiger partial charge is 0.523 e. The van der Waals surface area contributed by atoms with E-state index in [-0.39, 0.29) is 0 Å². The number of benzene rings is 3. The number of hydrogen-bond acceptors (Lipinski definition) is 4. The fourth-order valence-corrected chi connectivity index (χ4v) is 4.10. The molecule has 1 heterocycles. The highest BCUT2D eigenvalue weighted by atomic mass is 31.1. The molecule has 0 saturated carbocycles. The first-order chi connectivity index (χ1) is 13.8. The highest BCUT2D eigenvalue weighted by Crippen LogP contribution is 2.33. The number of nitrogens with zero attached hydrogens (tertiary/aromatic N) is 1. The molecule has 1 unspecified atom stereocenters. The SMILES string of the molecule is CCO[P+](=O)CNCc1ccc2cccc(-c3cccc4ccccc34)c2n1. The van der Waals surface area contributed by atoms with E-state index < -0.39 is 8.03 Å². The molecule has 0 amide bonds. The first-order valence-corrected chi connectivity index (χ1v) is 10.8. The van der Waals surface area contributed by atoms with Crippen molar-refractivity contribution >= 4 is 29.7 Å². The van der Waals surface area contributed by atoms with Crippen molar-refractivity contribution in [2.45, 2.75) is 13.5 Å². The molecule has 4 rings (SSSR count). The molecule has 0 fully saturated rings. The van der Waals surface area contributed by atoms with Crippen LogP contribution in [0.15, 0.2) is 72.8 Å². The Hall–Kier alpha value is -2.65. The van der Waals surface area contributed by atoms with Gasteiger partial charge in [0.15, 0.2) is 0 Å². The molecule has 0 radical (unpaired) electrons. The first kappa shape index (κ1) is 18.7. The zero-order chi connectivity index (χ0) is 19.3. The van der Waals surface area contributed by atoms with E-state index in [9.17, 15) is 4.57 Å². The van der Waals surface area contributed by atoms with Crippen molar-refractivity contribution in [3.05, 3.63) is 78.5 Å². The third-order valence-electron chi connectivity index (χ3n) is 4.68. The van der Waals surface area contributed by atoms with Crippen molar-refractivity contribution in [2.75, 3.05) is 12.9 Å². The predicted octanol–water partition coefficient (Wildman–Crippen LogP) is 5.88. The molecule has 0 aliphatic heterocycles. The molecule has 140 valence electrons. The predicted molar refractivity (Wildman–Crippen MR) is 116 cm³/mol. The van der Waals surface area contributed by atoms with E-state index in [0.717, 1.165) is 22.2 Å². The average molecular weight is 389 g/mol. The standard InChI is InChI=1S/C23H22N2O2P/c1-2-27-28(26)16-24-15-19-14-13-18-9-6-12-22(23(18)25-19)21-11-5-8-17-7-3-4-10-20(17)21/h3-14,24H,2,15-16H2,1H3/q+1. The van der Waals surface area contributed by atoms with Crippen molar-refractivity contribution in [2.24, 2.45) is 0 Å². The summed E-state index contributed by atoms with van der Waals surface area (Å²) in [4.78, 5) is 4.90. The van der Waals surface area contributed by atoms with E-state index in [1.54, 1.807) is 0 Å². The minimum absolute atomic E-state index is 0.327.